The lowest BCUT2D eigenvalue weighted by Crippen LogP contribution is -2.27. The molecule has 0 spiro atoms. The summed E-state index contributed by atoms with van der Waals surface area (Å²) in [6.07, 6.45) is 3.43. The first-order valence-corrected chi connectivity index (χ1v) is 10.5. The molecule has 1 saturated heterocycles. The summed E-state index contributed by atoms with van der Waals surface area (Å²) in [4.78, 5) is 14.5. The van der Waals surface area contributed by atoms with Gasteiger partial charge in [0.1, 0.15) is 10.9 Å². The van der Waals surface area contributed by atoms with Gasteiger partial charge in [-0.05, 0) is 35.9 Å². The first kappa shape index (κ1) is 21.7. The van der Waals surface area contributed by atoms with Crippen LogP contribution in [0.15, 0.2) is 54.0 Å². The Morgan fingerprint density at radius 2 is 2.00 bits per heavy atom. The van der Waals surface area contributed by atoms with Gasteiger partial charge in [0.15, 0.2) is 11.5 Å². The van der Waals surface area contributed by atoms with Gasteiger partial charge in [-0.2, -0.15) is 0 Å². The molecule has 0 N–H and O–H groups in total. The fraction of sp³-hybridized carbons (Fsp3) is 0.143. The van der Waals surface area contributed by atoms with Crippen LogP contribution < -0.4 is 9.47 Å². The maximum atomic E-state index is 12.5. The summed E-state index contributed by atoms with van der Waals surface area (Å²) in [6, 6.07) is 10.7. The van der Waals surface area contributed by atoms with Crippen LogP contribution in [0.2, 0.25) is 10.0 Å². The van der Waals surface area contributed by atoms with Crippen molar-refractivity contribution in [2.24, 2.45) is 0 Å². The van der Waals surface area contributed by atoms with Crippen LogP contribution in [0.4, 0.5) is 0 Å². The number of hydrogen-bond donors (Lipinski definition) is 0. The molecule has 0 aliphatic carbocycles. The molecular formula is C21H17Cl2NO3S2. The Balaban J connectivity index is 1.77. The van der Waals surface area contributed by atoms with Crippen LogP contribution in [0.1, 0.15) is 11.1 Å². The maximum Gasteiger partial charge on any atom is 0.266 e. The van der Waals surface area contributed by atoms with Crippen molar-refractivity contribution in [1.82, 2.24) is 4.90 Å². The van der Waals surface area contributed by atoms with Gasteiger partial charge in [0.25, 0.3) is 5.91 Å². The molecule has 0 atom stereocenters. The van der Waals surface area contributed by atoms with Gasteiger partial charge in [-0.3, -0.25) is 9.69 Å². The summed E-state index contributed by atoms with van der Waals surface area (Å²) in [6.45, 7) is 4.32. The number of carbonyl (C=O) groups excluding carboxylic acids is 1. The zero-order valence-corrected chi connectivity index (χ0v) is 18.6. The highest BCUT2D eigenvalue weighted by Crippen LogP contribution is 2.35. The van der Waals surface area contributed by atoms with Crippen molar-refractivity contribution in [3.63, 3.8) is 0 Å². The van der Waals surface area contributed by atoms with E-state index in [-0.39, 0.29) is 12.5 Å². The van der Waals surface area contributed by atoms with Crippen molar-refractivity contribution in [3.8, 4) is 11.5 Å². The van der Waals surface area contributed by atoms with E-state index >= 15 is 0 Å². The Morgan fingerprint density at radius 3 is 2.69 bits per heavy atom. The Labute approximate surface area is 189 Å². The van der Waals surface area contributed by atoms with Crippen LogP contribution in [0.3, 0.4) is 0 Å². The molecule has 4 nitrogen and oxygen atoms in total. The van der Waals surface area contributed by atoms with Gasteiger partial charge in [-0.15, -0.1) is 6.58 Å². The first-order chi connectivity index (χ1) is 13.9. The SMILES string of the molecule is C=CCN1C(=O)/C(=C\c2ccc(OCc3ccc(Cl)cc3Cl)c(OC)c2)SC1=S. The van der Waals surface area contributed by atoms with Crippen molar-refractivity contribution in [2.45, 2.75) is 6.61 Å². The standard InChI is InChI=1S/C21H17Cl2NO3S2/c1-3-8-24-20(25)19(29-21(24)28)10-13-4-7-17(18(9-13)26-2)27-12-14-5-6-15(22)11-16(14)23/h3-7,9-11H,1,8,12H2,2H3/b19-10+. The third-order valence-electron chi connectivity index (χ3n) is 4.07. The molecule has 29 heavy (non-hydrogen) atoms. The first-order valence-electron chi connectivity index (χ1n) is 8.54. The van der Waals surface area contributed by atoms with Crippen LogP contribution in [0, 0.1) is 0 Å². The predicted molar refractivity (Wildman–Crippen MR) is 124 cm³/mol. The van der Waals surface area contributed by atoms with Crippen molar-refractivity contribution in [1.29, 1.82) is 0 Å². The number of hydrogen-bond acceptors (Lipinski definition) is 5. The number of rotatable bonds is 7. The summed E-state index contributed by atoms with van der Waals surface area (Å²) in [5.41, 5.74) is 1.62. The van der Waals surface area contributed by atoms with Crippen LogP contribution in [0.25, 0.3) is 6.08 Å². The largest absolute Gasteiger partial charge is 0.493 e. The lowest BCUT2D eigenvalue weighted by molar-refractivity contribution is -0.121. The van der Waals surface area contributed by atoms with E-state index in [1.807, 2.05) is 12.1 Å². The van der Waals surface area contributed by atoms with E-state index in [1.54, 1.807) is 43.5 Å². The molecule has 0 saturated carbocycles. The van der Waals surface area contributed by atoms with E-state index in [2.05, 4.69) is 6.58 Å². The molecule has 1 heterocycles. The van der Waals surface area contributed by atoms with Crippen LogP contribution in [-0.4, -0.2) is 28.8 Å². The second-order valence-electron chi connectivity index (χ2n) is 6.02. The lowest BCUT2D eigenvalue weighted by atomic mass is 10.1. The minimum atomic E-state index is -0.128. The Bertz CT molecular complexity index is 1010. The number of thiocarbonyl (C=S) groups is 1. The number of benzene rings is 2. The van der Waals surface area contributed by atoms with Crippen molar-refractivity contribution < 1.29 is 14.3 Å². The Morgan fingerprint density at radius 1 is 1.21 bits per heavy atom. The second-order valence-corrected chi connectivity index (χ2v) is 8.54. The van der Waals surface area contributed by atoms with Gasteiger partial charge in [0, 0.05) is 22.2 Å². The molecule has 150 valence electrons. The van der Waals surface area contributed by atoms with E-state index in [0.29, 0.717) is 37.3 Å². The normalized spacial score (nSPS) is 15.1. The Hall–Kier alpha value is -1.99. The molecule has 2 aromatic carbocycles. The van der Waals surface area contributed by atoms with Gasteiger partial charge < -0.3 is 9.47 Å². The number of thioether (sulfide) groups is 1. The zero-order chi connectivity index (χ0) is 21.0. The third-order valence-corrected chi connectivity index (χ3v) is 6.03. The maximum absolute atomic E-state index is 12.5. The zero-order valence-electron chi connectivity index (χ0n) is 15.5. The summed E-state index contributed by atoms with van der Waals surface area (Å²) >= 11 is 18.6. The molecule has 3 rings (SSSR count). The van der Waals surface area contributed by atoms with E-state index in [9.17, 15) is 4.79 Å². The van der Waals surface area contributed by atoms with Gasteiger partial charge >= 0.3 is 0 Å². The molecule has 0 radical (unpaired) electrons. The molecule has 1 amide bonds. The van der Waals surface area contributed by atoms with E-state index < -0.39 is 0 Å². The second kappa shape index (κ2) is 9.67. The quantitative estimate of drug-likeness (QED) is 0.286. The monoisotopic (exact) mass is 465 g/mol. The summed E-state index contributed by atoms with van der Waals surface area (Å²) in [5, 5.41) is 1.11. The van der Waals surface area contributed by atoms with E-state index in [1.165, 1.54) is 16.7 Å². The van der Waals surface area contributed by atoms with Crippen molar-refractivity contribution in [2.75, 3.05) is 13.7 Å². The van der Waals surface area contributed by atoms with Gasteiger partial charge in [0.2, 0.25) is 0 Å². The molecule has 8 heteroatoms. The number of amides is 1. The summed E-state index contributed by atoms with van der Waals surface area (Å²) in [5.74, 6) is 0.983. The van der Waals surface area contributed by atoms with Gasteiger partial charge in [0.05, 0.1) is 12.0 Å². The number of carbonyl (C=O) groups is 1. The number of ether oxygens (including phenoxy) is 2. The number of methoxy groups -OCH3 is 1. The average molecular weight is 466 g/mol. The highest BCUT2D eigenvalue weighted by Gasteiger charge is 2.31. The fourth-order valence-electron chi connectivity index (χ4n) is 2.63. The fourth-order valence-corrected chi connectivity index (χ4v) is 4.36. The minimum Gasteiger partial charge on any atom is -0.493 e. The van der Waals surface area contributed by atoms with Crippen LogP contribution in [0.5, 0.6) is 11.5 Å². The molecule has 0 unspecified atom stereocenters. The topological polar surface area (TPSA) is 38.8 Å². The minimum absolute atomic E-state index is 0.128. The molecule has 0 aromatic heterocycles. The molecule has 0 bridgehead atoms. The highest BCUT2D eigenvalue weighted by molar-refractivity contribution is 8.26. The summed E-state index contributed by atoms with van der Waals surface area (Å²) in [7, 11) is 1.56. The molecule has 1 aliphatic rings. The van der Waals surface area contributed by atoms with Crippen molar-refractivity contribution >= 4 is 63.5 Å². The van der Waals surface area contributed by atoms with Crippen LogP contribution >= 0.6 is 47.2 Å². The molecule has 1 aliphatic heterocycles. The number of nitrogens with zero attached hydrogens (tertiary/aromatic N) is 1. The van der Waals surface area contributed by atoms with E-state index in [4.69, 9.17) is 44.9 Å². The molecule has 1 fully saturated rings. The Kier molecular flexibility index (Phi) is 7.24. The third kappa shape index (κ3) is 5.14. The van der Waals surface area contributed by atoms with Gasteiger partial charge in [-0.25, -0.2) is 0 Å². The predicted octanol–water partition coefficient (Wildman–Crippen LogP) is 5.97. The molecular weight excluding hydrogens is 449 g/mol. The van der Waals surface area contributed by atoms with E-state index in [0.717, 1.165) is 11.1 Å². The van der Waals surface area contributed by atoms with Gasteiger partial charge in [-0.1, -0.05) is 65.4 Å². The lowest BCUT2D eigenvalue weighted by Gasteiger charge is -2.12. The smallest absolute Gasteiger partial charge is 0.266 e. The summed E-state index contributed by atoms with van der Waals surface area (Å²) < 4.78 is 11.8. The number of halogens is 2. The highest BCUT2D eigenvalue weighted by atomic mass is 35.5. The van der Waals surface area contributed by atoms with Crippen molar-refractivity contribution in [3.05, 3.63) is 75.1 Å². The van der Waals surface area contributed by atoms with Crippen LogP contribution in [-0.2, 0) is 11.4 Å². The molecule has 2 aromatic rings. The average Bonchev–Trinajstić information content (AvgIpc) is 2.95.